The third-order valence-corrected chi connectivity index (χ3v) is 4.89. The van der Waals surface area contributed by atoms with E-state index in [4.69, 9.17) is 23.2 Å². The van der Waals surface area contributed by atoms with Gasteiger partial charge >= 0.3 is 0 Å². The minimum atomic E-state index is -0.907. The van der Waals surface area contributed by atoms with Gasteiger partial charge in [-0.25, -0.2) is 4.98 Å². The first-order chi connectivity index (χ1) is 7.35. The summed E-state index contributed by atoms with van der Waals surface area (Å²) in [4.78, 5) is 16.1. The molecule has 0 radical (unpaired) electrons. The summed E-state index contributed by atoms with van der Waals surface area (Å²) < 4.78 is -0.907. The largest absolute Gasteiger partial charge is 0.349 e. The molecular formula is C10H12Cl2N2OS. The molecule has 88 valence electrons. The molecule has 1 aliphatic rings. The Morgan fingerprint density at radius 2 is 2.31 bits per heavy atom. The molecule has 1 aromatic rings. The molecule has 0 saturated heterocycles. The Hall–Kier alpha value is -0.320. The molecule has 1 aliphatic carbocycles. The van der Waals surface area contributed by atoms with Crippen molar-refractivity contribution >= 4 is 40.4 Å². The summed E-state index contributed by atoms with van der Waals surface area (Å²) in [6, 6.07) is 0. The molecule has 1 unspecified atom stereocenters. The Morgan fingerprint density at radius 1 is 1.69 bits per heavy atom. The van der Waals surface area contributed by atoms with Crippen molar-refractivity contribution < 1.29 is 4.79 Å². The highest BCUT2D eigenvalue weighted by atomic mass is 35.5. The number of alkyl halides is 2. The highest BCUT2D eigenvalue weighted by Gasteiger charge is 2.67. The molecule has 2 rings (SSSR count). The first kappa shape index (κ1) is 12.1. The lowest BCUT2D eigenvalue weighted by molar-refractivity contribution is -0.125. The maximum Gasteiger partial charge on any atom is 0.229 e. The number of carbonyl (C=O) groups is 1. The Balaban J connectivity index is 1.90. The van der Waals surface area contributed by atoms with E-state index in [1.807, 2.05) is 12.3 Å². The van der Waals surface area contributed by atoms with Crippen LogP contribution < -0.4 is 5.32 Å². The van der Waals surface area contributed by atoms with Crippen molar-refractivity contribution in [2.24, 2.45) is 5.41 Å². The van der Waals surface area contributed by atoms with Crippen molar-refractivity contribution in [2.45, 2.75) is 31.1 Å². The number of nitrogens with one attached hydrogen (secondary N) is 1. The van der Waals surface area contributed by atoms with Gasteiger partial charge in [0.05, 0.1) is 12.0 Å². The topological polar surface area (TPSA) is 42.0 Å². The van der Waals surface area contributed by atoms with E-state index in [1.54, 1.807) is 6.92 Å². The molecule has 0 spiro atoms. The molecule has 1 saturated carbocycles. The maximum atomic E-state index is 11.8. The molecule has 1 heterocycles. The molecule has 6 heteroatoms. The lowest BCUT2D eigenvalue weighted by atomic mass is 10.1. The van der Waals surface area contributed by atoms with E-state index in [9.17, 15) is 4.79 Å². The Morgan fingerprint density at radius 3 is 2.75 bits per heavy atom. The number of aryl methyl sites for hydroxylation is 1. The Bertz CT molecular complexity index is 432. The number of halogens is 2. The minimum absolute atomic E-state index is 0.106. The fourth-order valence-corrected chi connectivity index (χ4v) is 2.90. The van der Waals surface area contributed by atoms with E-state index in [0.29, 0.717) is 13.0 Å². The third kappa shape index (κ3) is 2.06. The first-order valence-electron chi connectivity index (χ1n) is 4.92. The van der Waals surface area contributed by atoms with Crippen LogP contribution in [0.4, 0.5) is 0 Å². The smallest absolute Gasteiger partial charge is 0.229 e. The molecule has 1 atom stereocenters. The van der Waals surface area contributed by atoms with Gasteiger partial charge in [0.2, 0.25) is 5.91 Å². The number of rotatable bonds is 3. The number of amides is 1. The van der Waals surface area contributed by atoms with Crippen LogP contribution in [0.25, 0.3) is 0 Å². The van der Waals surface area contributed by atoms with Crippen LogP contribution >= 0.6 is 34.5 Å². The van der Waals surface area contributed by atoms with Crippen molar-refractivity contribution in [3.05, 3.63) is 16.1 Å². The average molecular weight is 279 g/mol. The number of hydrogen-bond donors (Lipinski definition) is 1. The molecule has 0 aromatic carbocycles. The van der Waals surface area contributed by atoms with Gasteiger partial charge in [-0.3, -0.25) is 4.79 Å². The summed E-state index contributed by atoms with van der Waals surface area (Å²) >= 11 is 13.4. The van der Waals surface area contributed by atoms with Gasteiger partial charge in [-0.2, -0.15) is 0 Å². The molecular weight excluding hydrogens is 267 g/mol. The maximum absolute atomic E-state index is 11.8. The van der Waals surface area contributed by atoms with Crippen LogP contribution in [0.5, 0.6) is 0 Å². The lowest BCUT2D eigenvalue weighted by Gasteiger charge is -2.11. The summed E-state index contributed by atoms with van der Waals surface area (Å²) in [6.07, 6.45) is 0.506. The number of thiazole rings is 1. The monoisotopic (exact) mass is 278 g/mol. The van der Waals surface area contributed by atoms with Crippen LogP contribution in [0.2, 0.25) is 0 Å². The van der Waals surface area contributed by atoms with Gasteiger partial charge in [0, 0.05) is 11.1 Å². The summed E-state index contributed by atoms with van der Waals surface area (Å²) in [5.41, 5.74) is 0.318. The second-order valence-electron chi connectivity index (χ2n) is 4.28. The zero-order valence-corrected chi connectivity index (χ0v) is 11.3. The van der Waals surface area contributed by atoms with Crippen molar-refractivity contribution in [1.29, 1.82) is 0 Å². The highest BCUT2D eigenvalue weighted by molar-refractivity contribution is 7.09. The van der Waals surface area contributed by atoms with E-state index < -0.39 is 9.75 Å². The van der Waals surface area contributed by atoms with Gasteiger partial charge in [0.1, 0.15) is 9.34 Å². The number of carbonyl (C=O) groups excluding carboxylic acids is 1. The van der Waals surface area contributed by atoms with E-state index in [-0.39, 0.29) is 5.91 Å². The molecule has 0 bridgehead atoms. The van der Waals surface area contributed by atoms with E-state index >= 15 is 0 Å². The van der Waals surface area contributed by atoms with Gasteiger partial charge in [-0.05, 0) is 20.3 Å². The summed E-state index contributed by atoms with van der Waals surface area (Å²) in [5, 5.41) is 5.66. The normalized spacial score (nSPS) is 26.5. The van der Waals surface area contributed by atoms with Crippen LogP contribution in [0.1, 0.15) is 24.0 Å². The SMILES string of the molecule is Cc1csc(CNC(=O)C2(C)CC2(Cl)Cl)n1. The summed E-state index contributed by atoms with van der Waals surface area (Å²) in [7, 11) is 0. The predicted octanol–water partition coefficient (Wildman–Crippen LogP) is 2.65. The van der Waals surface area contributed by atoms with E-state index in [2.05, 4.69) is 10.3 Å². The quantitative estimate of drug-likeness (QED) is 0.864. The Labute approximate surface area is 108 Å². The number of aromatic nitrogens is 1. The average Bonchev–Trinajstić information content (AvgIpc) is 2.57. The second kappa shape index (κ2) is 3.86. The zero-order chi connectivity index (χ0) is 12.0. The van der Waals surface area contributed by atoms with Gasteiger partial charge in [0.15, 0.2) is 0 Å². The van der Waals surface area contributed by atoms with Crippen LogP contribution in [-0.4, -0.2) is 15.2 Å². The van der Waals surface area contributed by atoms with Crippen LogP contribution in [0.15, 0.2) is 5.38 Å². The highest BCUT2D eigenvalue weighted by Crippen LogP contribution is 2.63. The van der Waals surface area contributed by atoms with Crippen LogP contribution in [0.3, 0.4) is 0 Å². The molecule has 0 aliphatic heterocycles. The van der Waals surface area contributed by atoms with E-state index in [1.165, 1.54) is 11.3 Å². The van der Waals surface area contributed by atoms with Gasteiger partial charge < -0.3 is 5.32 Å². The molecule has 1 aromatic heterocycles. The van der Waals surface area contributed by atoms with Crippen molar-refractivity contribution in [1.82, 2.24) is 10.3 Å². The zero-order valence-electron chi connectivity index (χ0n) is 9.01. The fourth-order valence-electron chi connectivity index (χ4n) is 1.48. The Kier molecular flexibility index (Phi) is 2.93. The van der Waals surface area contributed by atoms with Gasteiger partial charge in [-0.1, -0.05) is 0 Å². The number of hydrogen-bond acceptors (Lipinski definition) is 3. The fraction of sp³-hybridized carbons (Fsp3) is 0.600. The molecule has 1 N–H and O–H groups in total. The first-order valence-corrected chi connectivity index (χ1v) is 6.56. The van der Waals surface area contributed by atoms with Crippen molar-refractivity contribution in [3.63, 3.8) is 0 Å². The minimum Gasteiger partial charge on any atom is -0.349 e. The van der Waals surface area contributed by atoms with Crippen LogP contribution in [-0.2, 0) is 11.3 Å². The molecule has 3 nitrogen and oxygen atoms in total. The third-order valence-electron chi connectivity index (χ3n) is 2.83. The van der Waals surface area contributed by atoms with Gasteiger partial charge in [0.25, 0.3) is 0 Å². The predicted molar refractivity (Wildman–Crippen MR) is 65.9 cm³/mol. The van der Waals surface area contributed by atoms with Crippen LogP contribution in [0, 0.1) is 12.3 Å². The van der Waals surface area contributed by atoms with E-state index in [0.717, 1.165) is 10.7 Å². The number of nitrogens with zero attached hydrogens (tertiary/aromatic N) is 1. The van der Waals surface area contributed by atoms with Crippen molar-refractivity contribution in [2.75, 3.05) is 0 Å². The standard InChI is InChI=1S/C10H12Cl2N2OS/c1-6-4-16-7(14-6)3-13-8(15)9(2)5-10(9,11)12/h4H,3,5H2,1-2H3,(H,13,15). The molecule has 1 amide bonds. The lowest BCUT2D eigenvalue weighted by Crippen LogP contribution is -2.32. The second-order valence-corrected chi connectivity index (χ2v) is 6.71. The summed E-state index contributed by atoms with van der Waals surface area (Å²) in [6.45, 7) is 4.14. The molecule has 1 fully saturated rings. The summed E-state index contributed by atoms with van der Waals surface area (Å²) in [5.74, 6) is -0.106. The molecule has 16 heavy (non-hydrogen) atoms. The van der Waals surface area contributed by atoms with Gasteiger partial charge in [-0.15, -0.1) is 34.5 Å². The van der Waals surface area contributed by atoms with Crippen molar-refractivity contribution in [3.8, 4) is 0 Å².